The number of hydrogen-bond acceptors (Lipinski definition) is 5. The maximum Gasteiger partial charge on any atom is 0.312 e. The molecule has 1 aromatic heterocycles. The van der Waals surface area contributed by atoms with Crippen LogP contribution in [-0.2, 0) is 16.0 Å². The zero-order valence-electron chi connectivity index (χ0n) is 13.8. The summed E-state index contributed by atoms with van der Waals surface area (Å²) in [6.07, 6.45) is 0.154. The Kier molecular flexibility index (Phi) is 3.96. The Hall–Kier alpha value is -2.54. The lowest BCUT2D eigenvalue weighted by atomic mass is 9.66. The number of methoxy groups -OCH3 is 2. The predicted molar refractivity (Wildman–Crippen MR) is 86.1 cm³/mol. The predicted octanol–water partition coefficient (Wildman–Crippen LogP) is 0.940. The van der Waals surface area contributed by atoms with Crippen LogP contribution in [-0.4, -0.2) is 41.1 Å². The van der Waals surface area contributed by atoms with Gasteiger partial charge in [-0.15, -0.1) is 0 Å². The average Bonchev–Trinajstić information content (AvgIpc) is 2.92. The van der Waals surface area contributed by atoms with E-state index in [0.29, 0.717) is 22.6 Å². The number of carbonyl (C=O) groups is 1. The minimum Gasteiger partial charge on any atom is -0.497 e. The summed E-state index contributed by atoms with van der Waals surface area (Å²) < 4.78 is 10.2. The number of aromatic nitrogens is 2. The number of ether oxygens (including phenoxy) is 2. The summed E-state index contributed by atoms with van der Waals surface area (Å²) in [5.74, 6) is -1.49. The summed E-state index contributed by atoms with van der Waals surface area (Å²) in [6.45, 7) is 1.58. The van der Waals surface area contributed by atoms with E-state index in [4.69, 9.17) is 9.47 Å². The fraction of sp³-hybridized carbons (Fsp3) is 0.412. The maximum atomic E-state index is 12.4. The maximum absolute atomic E-state index is 12.4. The van der Waals surface area contributed by atoms with E-state index >= 15 is 0 Å². The summed E-state index contributed by atoms with van der Waals surface area (Å²) in [5.41, 5.74) is 0.0837. The molecule has 0 fully saturated rings. The van der Waals surface area contributed by atoms with Gasteiger partial charge in [0.1, 0.15) is 5.75 Å². The molecule has 0 saturated carbocycles. The molecule has 7 heteroatoms. The number of fused-ring (bicyclic) bond motifs is 1. The van der Waals surface area contributed by atoms with Gasteiger partial charge in [0.2, 0.25) is 0 Å². The van der Waals surface area contributed by atoms with Crippen LogP contribution in [0.4, 0.5) is 0 Å². The standard InChI is InChI=1S/C17H20N2O5/c1-17(22)8-11-13(15(20)19-18-11)12(14(17)16(21)24-3)9-5-4-6-10(7-9)23-2/h4-7,12,14,22H,8H2,1-3H3,(H2,18,19,20)/t12-,14-,17-/m0/s1. The number of aliphatic hydroxyl groups is 1. The molecule has 1 aliphatic carbocycles. The van der Waals surface area contributed by atoms with Gasteiger partial charge in [-0.05, 0) is 24.6 Å². The lowest BCUT2D eigenvalue weighted by Gasteiger charge is -2.40. The van der Waals surface area contributed by atoms with Crippen molar-refractivity contribution in [3.63, 3.8) is 0 Å². The smallest absolute Gasteiger partial charge is 0.312 e. The highest BCUT2D eigenvalue weighted by atomic mass is 16.5. The average molecular weight is 332 g/mol. The third-order valence-electron chi connectivity index (χ3n) is 4.65. The van der Waals surface area contributed by atoms with Gasteiger partial charge in [-0.25, -0.2) is 0 Å². The highest BCUT2D eigenvalue weighted by Gasteiger charge is 2.51. The van der Waals surface area contributed by atoms with Crippen LogP contribution in [0.5, 0.6) is 5.75 Å². The lowest BCUT2D eigenvalue weighted by Crippen LogP contribution is -2.49. The summed E-state index contributed by atoms with van der Waals surface area (Å²) in [4.78, 5) is 24.7. The van der Waals surface area contributed by atoms with Crippen molar-refractivity contribution in [3.8, 4) is 5.75 Å². The van der Waals surface area contributed by atoms with E-state index in [2.05, 4.69) is 10.2 Å². The van der Waals surface area contributed by atoms with E-state index in [1.54, 1.807) is 38.3 Å². The van der Waals surface area contributed by atoms with Crippen LogP contribution in [0.25, 0.3) is 0 Å². The molecule has 0 amide bonds. The van der Waals surface area contributed by atoms with Gasteiger partial charge in [-0.3, -0.25) is 14.7 Å². The number of hydrogen-bond donors (Lipinski definition) is 3. The number of carbonyl (C=O) groups excluding carboxylic acids is 1. The first-order valence-corrected chi connectivity index (χ1v) is 7.62. The van der Waals surface area contributed by atoms with Crippen molar-refractivity contribution < 1.29 is 19.4 Å². The Bertz CT molecular complexity index is 820. The fourth-order valence-electron chi connectivity index (χ4n) is 3.58. The van der Waals surface area contributed by atoms with Crippen LogP contribution in [0.2, 0.25) is 0 Å². The number of H-pyrrole nitrogens is 2. The molecule has 0 aliphatic heterocycles. The minimum absolute atomic E-state index is 0.154. The van der Waals surface area contributed by atoms with Gasteiger partial charge < -0.3 is 19.7 Å². The Morgan fingerprint density at radius 3 is 2.75 bits per heavy atom. The lowest BCUT2D eigenvalue weighted by molar-refractivity contribution is -0.156. The molecule has 24 heavy (non-hydrogen) atoms. The van der Waals surface area contributed by atoms with Crippen molar-refractivity contribution in [2.24, 2.45) is 5.92 Å². The second-order valence-corrected chi connectivity index (χ2v) is 6.26. The van der Waals surface area contributed by atoms with E-state index in [1.165, 1.54) is 7.11 Å². The molecule has 1 aliphatic rings. The number of nitrogens with one attached hydrogen (secondary N) is 2. The normalized spacial score (nSPS) is 25.8. The van der Waals surface area contributed by atoms with Gasteiger partial charge in [-0.2, -0.15) is 0 Å². The van der Waals surface area contributed by atoms with Crippen LogP contribution in [0.1, 0.15) is 29.7 Å². The number of esters is 1. The van der Waals surface area contributed by atoms with E-state index in [-0.39, 0.29) is 12.0 Å². The molecule has 0 unspecified atom stereocenters. The summed E-state index contributed by atoms with van der Waals surface area (Å²) >= 11 is 0. The van der Waals surface area contributed by atoms with Gasteiger partial charge in [0.25, 0.3) is 5.56 Å². The molecular weight excluding hydrogens is 312 g/mol. The molecule has 0 spiro atoms. The summed E-state index contributed by atoms with van der Waals surface area (Å²) in [6, 6.07) is 7.13. The van der Waals surface area contributed by atoms with E-state index in [1.807, 2.05) is 0 Å². The molecule has 3 N–H and O–H groups in total. The largest absolute Gasteiger partial charge is 0.497 e. The van der Waals surface area contributed by atoms with Gasteiger partial charge in [0.05, 0.1) is 25.7 Å². The molecule has 0 saturated heterocycles. The molecule has 7 nitrogen and oxygen atoms in total. The SMILES string of the molecule is COC(=O)[C@@H]1[C@@H](c2cccc(OC)c2)c2c([nH][nH]c2=O)C[C@]1(C)O. The quantitative estimate of drug-likeness (QED) is 0.726. The molecule has 128 valence electrons. The second kappa shape index (κ2) is 5.83. The molecule has 1 aromatic carbocycles. The zero-order chi connectivity index (χ0) is 17.5. The van der Waals surface area contributed by atoms with E-state index in [0.717, 1.165) is 0 Å². The Morgan fingerprint density at radius 1 is 1.33 bits per heavy atom. The molecule has 0 radical (unpaired) electrons. The van der Waals surface area contributed by atoms with Gasteiger partial charge in [-0.1, -0.05) is 12.1 Å². The topological polar surface area (TPSA) is 104 Å². The van der Waals surface area contributed by atoms with Crippen LogP contribution < -0.4 is 10.3 Å². The van der Waals surface area contributed by atoms with Crippen molar-refractivity contribution in [2.75, 3.05) is 14.2 Å². The molecule has 3 rings (SSSR count). The third kappa shape index (κ3) is 2.50. The first-order valence-electron chi connectivity index (χ1n) is 7.62. The number of benzene rings is 1. The van der Waals surface area contributed by atoms with Crippen LogP contribution >= 0.6 is 0 Å². The molecular formula is C17H20N2O5. The van der Waals surface area contributed by atoms with Crippen molar-refractivity contribution in [1.82, 2.24) is 10.2 Å². The highest BCUT2D eigenvalue weighted by molar-refractivity contribution is 5.77. The highest BCUT2D eigenvalue weighted by Crippen LogP contribution is 2.44. The van der Waals surface area contributed by atoms with Crippen molar-refractivity contribution in [2.45, 2.75) is 24.9 Å². The second-order valence-electron chi connectivity index (χ2n) is 6.26. The van der Waals surface area contributed by atoms with Crippen LogP contribution in [0, 0.1) is 5.92 Å². The molecule has 3 atom stereocenters. The summed E-state index contributed by atoms with van der Waals surface area (Å²) in [7, 11) is 2.82. The van der Waals surface area contributed by atoms with Crippen LogP contribution in [0.3, 0.4) is 0 Å². The number of aromatic amines is 2. The van der Waals surface area contributed by atoms with Crippen molar-refractivity contribution in [3.05, 3.63) is 51.4 Å². The van der Waals surface area contributed by atoms with Gasteiger partial charge >= 0.3 is 5.97 Å². The van der Waals surface area contributed by atoms with Gasteiger partial charge in [0, 0.05) is 23.6 Å². The Labute approximate surface area is 138 Å². The Morgan fingerprint density at radius 2 is 2.08 bits per heavy atom. The molecule has 0 bridgehead atoms. The van der Waals surface area contributed by atoms with Crippen molar-refractivity contribution in [1.29, 1.82) is 0 Å². The minimum atomic E-state index is -1.36. The number of rotatable bonds is 3. The zero-order valence-corrected chi connectivity index (χ0v) is 13.8. The fourth-order valence-corrected chi connectivity index (χ4v) is 3.58. The monoisotopic (exact) mass is 332 g/mol. The summed E-state index contributed by atoms with van der Waals surface area (Å²) in [5, 5.41) is 16.2. The molecule has 1 heterocycles. The third-order valence-corrected chi connectivity index (χ3v) is 4.65. The van der Waals surface area contributed by atoms with E-state index in [9.17, 15) is 14.7 Å². The Balaban J connectivity index is 2.25. The first-order chi connectivity index (χ1) is 11.4. The molecule has 2 aromatic rings. The van der Waals surface area contributed by atoms with Crippen molar-refractivity contribution >= 4 is 5.97 Å². The van der Waals surface area contributed by atoms with Gasteiger partial charge in [0.15, 0.2) is 0 Å². The first kappa shape index (κ1) is 16.3. The van der Waals surface area contributed by atoms with Crippen LogP contribution in [0.15, 0.2) is 29.1 Å². The van der Waals surface area contributed by atoms with E-state index < -0.39 is 23.4 Å².